The van der Waals surface area contributed by atoms with Gasteiger partial charge in [-0.1, -0.05) is 12.8 Å². The van der Waals surface area contributed by atoms with E-state index in [1.165, 1.54) is 0 Å². The fourth-order valence-corrected chi connectivity index (χ4v) is 1.18. The van der Waals surface area contributed by atoms with Crippen molar-refractivity contribution in [1.82, 2.24) is 5.32 Å². The van der Waals surface area contributed by atoms with Gasteiger partial charge in [0.05, 0.1) is 0 Å². The third-order valence-corrected chi connectivity index (χ3v) is 2.17. The first-order chi connectivity index (χ1) is 6.56. The largest absolute Gasteiger partial charge is 1.00 e. The molecule has 0 atom stereocenters. The van der Waals surface area contributed by atoms with E-state index in [0.29, 0.717) is 0 Å². The van der Waals surface area contributed by atoms with Crippen LogP contribution in [0.5, 0.6) is 0 Å². The third kappa shape index (κ3) is 4.56. The second-order valence-corrected chi connectivity index (χ2v) is 4.86. The number of alkyl carbamates (subject to hydrolysis) is 1. The molecule has 0 heterocycles. The van der Waals surface area contributed by atoms with E-state index in [1.807, 2.05) is 5.32 Å². The number of nitrogens with one attached hydrogen (secondary N) is 1. The molecule has 0 aromatic heterocycles. The maximum Gasteiger partial charge on any atom is 1.00 e. The van der Waals surface area contributed by atoms with E-state index in [0.717, 1.165) is 0 Å². The maximum absolute atomic E-state index is 12.5. The molecule has 1 aliphatic rings. The molecule has 1 rings (SSSR count). The van der Waals surface area contributed by atoms with Crippen molar-refractivity contribution in [3.05, 3.63) is 0 Å². The molecular weight excluding hydrogens is 249 g/mol. The molecule has 0 spiro atoms. The fourth-order valence-electron chi connectivity index (χ4n) is 1.18. The van der Waals surface area contributed by atoms with Crippen molar-refractivity contribution in [2.45, 2.75) is 44.7 Å². The molecule has 1 aliphatic carbocycles. The van der Waals surface area contributed by atoms with Crippen LogP contribution >= 0.6 is 0 Å². The normalized spacial score (nSPS) is 18.4. The Balaban J connectivity index is 0.00000225. The van der Waals surface area contributed by atoms with Crippen molar-refractivity contribution < 1.29 is 73.9 Å². The van der Waals surface area contributed by atoms with Gasteiger partial charge in [-0.2, -0.15) is 0 Å². The van der Waals surface area contributed by atoms with Gasteiger partial charge in [-0.25, -0.2) is 4.79 Å². The Morgan fingerprint density at radius 1 is 1.31 bits per heavy atom. The fraction of sp³-hybridized carbons (Fsp3) is 0.875. The van der Waals surface area contributed by atoms with E-state index < -0.39 is 24.1 Å². The molecule has 0 aromatic rings. The molecular formula is C8H14BF3KNO2. The smallest absolute Gasteiger partial charge is 0.447 e. The van der Waals surface area contributed by atoms with Crippen LogP contribution in [0.2, 0.25) is 0 Å². The molecule has 8 heteroatoms. The summed E-state index contributed by atoms with van der Waals surface area (Å²) in [7, 11) is 0. The number of hydrogen-bond donors (Lipinski definition) is 1. The van der Waals surface area contributed by atoms with Gasteiger partial charge in [0, 0.05) is 5.44 Å². The Labute approximate surface area is 135 Å². The van der Waals surface area contributed by atoms with Gasteiger partial charge in [-0.15, -0.1) is 0 Å². The molecule has 0 radical (unpaired) electrons. The second-order valence-electron chi connectivity index (χ2n) is 4.86. The van der Waals surface area contributed by atoms with Gasteiger partial charge in [0.2, 0.25) is 0 Å². The van der Waals surface area contributed by atoms with Gasteiger partial charge >= 0.3 is 64.5 Å². The molecule has 1 amide bonds. The predicted molar refractivity (Wildman–Crippen MR) is 50.4 cm³/mol. The number of ether oxygens (including phenoxy) is 1. The first kappa shape index (κ1) is 16.8. The summed E-state index contributed by atoms with van der Waals surface area (Å²) in [5, 5.41) is 1.91. The van der Waals surface area contributed by atoms with E-state index in [4.69, 9.17) is 4.74 Å². The van der Waals surface area contributed by atoms with Crippen LogP contribution in [0.3, 0.4) is 0 Å². The van der Waals surface area contributed by atoms with Gasteiger partial charge in [0.25, 0.3) is 0 Å². The Morgan fingerprint density at radius 2 is 1.75 bits per heavy atom. The molecule has 0 saturated heterocycles. The molecule has 0 aliphatic heterocycles. The van der Waals surface area contributed by atoms with Gasteiger partial charge in [0.1, 0.15) is 5.60 Å². The first-order valence-corrected chi connectivity index (χ1v) is 4.76. The summed E-state index contributed by atoms with van der Waals surface area (Å²) < 4.78 is 42.2. The summed E-state index contributed by atoms with van der Waals surface area (Å²) in [6, 6.07) is 0. The quantitative estimate of drug-likeness (QED) is 0.678. The van der Waals surface area contributed by atoms with Crippen molar-refractivity contribution in [3.8, 4) is 0 Å². The summed E-state index contributed by atoms with van der Waals surface area (Å²) in [6.45, 7) is -0.234. The van der Waals surface area contributed by atoms with E-state index in [-0.39, 0.29) is 64.2 Å². The van der Waals surface area contributed by atoms with Gasteiger partial charge in [-0.3, -0.25) is 0 Å². The molecule has 88 valence electrons. The minimum atomic E-state index is -5.04. The number of rotatable bonds is 2. The number of hydrogen-bond acceptors (Lipinski definition) is 2. The van der Waals surface area contributed by atoms with Crippen LogP contribution in [0.4, 0.5) is 17.7 Å². The molecule has 3 nitrogen and oxygen atoms in total. The van der Waals surface area contributed by atoms with Crippen LogP contribution in [0.15, 0.2) is 0 Å². The molecule has 1 fully saturated rings. The van der Waals surface area contributed by atoms with Crippen LogP contribution in [-0.4, -0.2) is 24.1 Å². The zero-order chi connectivity index (χ0) is 11.9. The van der Waals surface area contributed by atoms with Crippen molar-refractivity contribution in [2.24, 2.45) is 0 Å². The molecule has 0 unspecified atom stereocenters. The van der Waals surface area contributed by atoms with E-state index in [1.54, 1.807) is 20.8 Å². The minimum Gasteiger partial charge on any atom is -0.447 e. The van der Waals surface area contributed by atoms with Gasteiger partial charge in [0.15, 0.2) is 0 Å². The summed E-state index contributed by atoms with van der Waals surface area (Å²) in [5.41, 5.74) is -2.76. The van der Waals surface area contributed by atoms with Crippen molar-refractivity contribution >= 4 is 13.1 Å². The number of halogens is 3. The second kappa shape index (κ2) is 5.17. The Kier molecular flexibility index (Phi) is 5.42. The van der Waals surface area contributed by atoms with Gasteiger partial charge in [-0.05, 0) is 20.8 Å². The summed E-state index contributed by atoms with van der Waals surface area (Å²) in [6.07, 6.45) is -1.09. The molecule has 1 saturated carbocycles. The zero-order valence-corrected chi connectivity index (χ0v) is 13.1. The molecule has 1 N–H and O–H groups in total. The van der Waals surface area contributed by atoms with Crippen molar-refractivity contribution in [1.29, 1.82) is 0 Å². The summed E-state index contributed by atoms with van der Waals surface area (Å²) in [5.74, 6) is 0. The van der Waals surface area contributed by atoms with Gasteiger partial charge < -0.3 is 23.0 Å². The van der Waals surface area contributed by atoms with Crippen molar-refractivity contribution in [3.63, 3.8) is 0 Å². The van der Waals surface area contributed by atoms with Crippen LogP contribution in [0.1, 0.15) is 33.6 Å². The average molecular weight is 263 g/mol. The predicted octanol–water partition coefficient (Wildman–Crippen LogP) is -0.566. The van der Waals surface area contributed by atoms with E-state index >= 15 is 0 Å². The third-order valence-electron chi connectivity index (χ3n) is 2.17. The monoisotopic (exact) mass is 263 g/mol. The Hall–Kier alpha value is 0.761. The average Bonchev–Trinajstić information content (AvgIpc) is 2.61. The van der Waals surface area contributed by atoms with Crippen LogP contribution in [0, 0.1) is 0 Å². The van der Waals surface area contributed by atoms with Crippen molar-refractivity contribution in [2.75, 3.05) is 0 Å². The van der Waals surface area contributed by atoms with E-state index in [2.05, 4.69) is 0 Å². The summed E-state index contributed by atoms with van der Waals surface area (Å²) in [4.78, 5) is 11.1. The molecule has 0 bridgehead atoms. The SMILES string of the molecule is CC(C)(C)OC(=O)NC1([B-](F)(F)F)CC1.[K+]. The van der Waals surface area contributed by atoms with Crippen LogP contribution in [-0.2, 0) is 4.74 Å². The maximum atomic E-state index is 12.5. The summed E-state index contributed by atoms with van der Waals surface area (Å²) >= 11 is 0. The van der Waals surface area contributed by atoms with Crippen LogP contribution in [0.25, 0.3) is 0 Å². The molecule has 0 aromatic carbocycles. The first-order valence-electron chi connectivity index (χ1n) is 4.76. The number of carbonyl (C=O) groups is 1. The van der Waals surface area contributed by atoms with Crippen LogP contribution < -0.4 is 56.7 Å². The van der Waals surface area contributed by atoms with E-state index in [9.17, 15) is 17.7 Å². The zero-order valence-electron chi connectivity index (χ0n) is 9.94. The standard InChI is InChI=1S/C8H14BF3NO2.K/c1-7(2,3)15-6(14)13-8(4-5-8)9(10,11)12;/h4-5H2,1-3H3,(H,13,14);/q-1;+1. The number of carbonyl (C=O) groups excluding carboxylic acids is 1. The Bertz CT molecular complexity index is 273. The topological polar surface area (TPSA) is 38.3 Å². The minimum absolute atomic E-state index is 0. The number of amides is 1. The molecule has 16 heavy (non-hydrogen) atoms. The Morgan fingerprint density at radius 3 is 2.00 bits per heavy atom.